The Kier molecular flexibility index (Phi) is 2.95. The second kappa shape index (κ2) is 4.77. The maximum Gasteiger partial charge on any atom is 0.275 e. The maximum atomic E-state index is 12.2. The molecule has 5 nitrogen and oxygen atoms in total. The molecule has 0 fully saturated rings. The van der Waals surface area contributed by atoms with Gasteiger partial charge in [0, 0.05) is 12.4 Å². The van der Waals surface area contributed by atoms with Crippen LogP contribution >= 0.6 is 0 Å². The van der Waals surface area contributed by atoms with Crippen LogP contribution in [-0.4, -0.2) is 20.7 Å². The van der Waals surface area contributed by atoms with Crippen LogP contribution < -0.4 is 5.32 Å². The Morgan fingerprint density at radius 3 is 2.75 bits per heavy atom. The summed E-state index contributed by atoms with van der Waals surface area (Å²) in [7, 11) is 1.75. The lowest BCUT2D eigenvalue weighted by atomic mass is 10.2. The highest BCUT2D eigenvalue weighted by atomic mass is 16.2. The number of aryl methyl sites for hydroxylation is 2. The van der Waals surface area contributed by atoms with E-state index in [1.807, 2.05) is 37.3 Å². The number of hydrogen-bond acceptors (Lipinski definition) is 3. The minimum atomic E-state index is -0.203. The van der Waals surface area contributed by atoms with Crippen LogP contribution in [0.5, 0.6) is 0 Å². The summed E-state index contributed by atoms with van der Waals surface area (Å²) < 4.78 is 1.56. The van der Waals surface area contributed by atoms with Crippen molar-refractivity contribution in [3.8, 4) is 0 Å². The second-order valence-corrected chi connectivity index (χ2v) is 4.64. The predicted octanol–water partition coefficient (Wildman–Crippen LogP) is 2.53. The Bertz CT molecular complexity index is 772. The molecule has 0 atom stereocenters. The number of para-hydroxylation sites is 1. The van der Waals surface area contributed by atoms with Gasteiger partial charge in [-0.1, -0.05) is 18.2 Å². The van der Waals surface area contributed by atoms with Crippen molar-refractivity contribution in [3.63, 3.8) is 0 Å². The molecule has 0 unspecified atom stereocenters. The summed E-state index contributed by atoms with van der Waals surface area (Å²) in [6.07, 6.45) is 1.67. The molecule has 0 aliphatic heterocycles. The smallest absolute Gasteiger partial charge is 0.275 e. The molecule has 0 saturated carbocycles. The first-order valence-corrected chi connectivity index (χ1v) is 6.31. The van der Waals surface area contributed by atoms with E-state index in [4.69, 9.17) is 0 Å². The van der Waals surface area contributed by atoms with Gasteiger partial charge in [0.15, 0.2) is 0 Å². The van der Waals surface area contributed by atoms with Gasteiger partial charge in [0.25, 0.3) is 5.91 Å². The van der Waals surface area contributed by atoms with E-state index in [0.717, 1.165) is 16.5 Å². The third kappa shape index (κ3) is 2.14. The first-order chi connectivity index (χ1) is 9.65. The van der Waals surface area contributed by atoms with Crippen molar-refractivity contribution in [3.05, 3.63) is 53.9 Å². The van der Waals surface area contributed by atoms with E-state index in [1.165, 1.54) is 0 Å². The number of nitrogens with zero attached hydrogens (tertiary/aromatic N) is 3. The number of carbonyl (C=O) groups excluding carboxylic acids is 1. The zero-order valence-corrected chi connectivity index (χ0v) is 11.3. The molecule has 0 saturated heterocycles. The van der Waals surface area contributed by atoms with Gasteiger partial charge in [-0.2, -0.15) is 5.10 Å². The number of pyridine rings is 1. The standard InChI is InChI=1S/C15H14N4O/c1-10-9-16-19(2)14(10)15(20)18-13-8-7-11-5-3-4-6-12(11)17-13/h3-9H,1-2H3,(H,17,18,20). The van der Waals surface area contributed by atoms with Crippen molar-refractivity contribution < 1.29 is 4.79 Å². The Hall–Kier alpha value is -2.69. The van der Waals surface area contributed by atoms with Crippen molar-refractivity contribution in [2.75, 3.05) is 5.32 Å². The van der Waals surface area contributed by atoms with Crippen molar-refractivity contribution in [1.29, 1.82) is 0 Å². The van der Waals surface area contributed by atoms with Crippen molar-refractivity contribution in [2.45, 2.75) is 6.92 Å². The number of nitrogens with one attached hydrogen (secondary N) is 1. The van der Waals surface area contributed by atoms with Crippen LogP contribution in [0.4, 0.5) is 5.82 Å². The number of anilines is 1. The quantitative estimate of drug-likeness (QED) is 0.775. The van der Waals surface area contributed by atoms with Gasteiger partial charge >= 0.3 is 0 Å². The van der Waals surface area contributed by atoms with E-state index in [1.54, 1.807) is 24.0 Å². The van der Waals surface area contributed by atoms with Gasteiger partial charge in [0.1, 0.15) is 11.5 Å². The lowest BCUT2D eigenvalue weighted by Gasteiger charge is -2.06. The number of rotatable bonds is 2. The number of hydrogen-bond donors (Lipinski definition) is 1. The topological polar surface area (TPSA) is 59.8 Å². The fourth-order valence-electron chi connectivity index (χ4n) is 2.18. The summed E-state index contributed by atoms with van der Waals surface area (Å²) in [5.41, 5.74) is 2.23. The van der Waals surface area contributed by atoms with E-state index >= 15 is 0 Å². The molecular formula is C15H14N4O. The summed E-state index contributed by atoms with van der Waals surface area (Å²) in [4.78, 5) is 16.7. The number of fused-ring (bicyclic) bond motifs is 1. The monoisotopic (exact) mass is 266 g/mol. The Morgan fingerprint density at radius 2 is 2.00 bits per heavy atom. The number of carbonyl (C=O) groups is 1. The summed E-state index contributed by atoms with van der Waals surface area (Å²) in [5, 5.41) is 7.92. The van der Waals surface area contributed by atoms with Crippen molar-refractivity contribution in [2.24, 2.45) is 7.05 Å². The summed E-state index contributed by atoms with van der Waals surface area (Å²) >= 11 is 0. The number of aromatic nitrogens is 3. The summed E-state index contributed by atoms with van der Waals surface area (Å²) in [5.74, 6) is 0.333. The van der Waals surface area contributed by atoms with E-state index in [2.05, 4.69) is 15.4 Å². The molecule has 20 heavy (non-hydrogen) atoms. The lowest BCUT2D eigenvalue weighted by molar-refractivity contribution is 0.101. The SMILES string of the molecule is Cc1cnn(C)c1C(=O)Nc1ccc2ccccc2n1. The molecule has 2 aromatic heterocycles. The van der Waals surface area contributed by atoms with Gasteiger partial charge < -0.3 is 5.32 Å². The average Bonchev–Trinajstić information content (AvgIpc) is 2.78. The van der Waals surface area contributed by atoms with Gasteiger partial charge in [0.2, 0.25) is 0 Å². The third-order valence-electron chi connectivity index (χ3n) is 3.18. The largest absolute Gasteiger partial charge is 0.305 e. The zero-order valence-electron chi connectivity index (χ0n) is 11.3. The van der Waals surface area contributed by atoms with Crippen LogP contribution in [-0.2, 0) is 7.05 Å². The molecule has 3 rings (SSSR count). The van der Waals surface area contributed by atoms with E-state index in [-0.39, 0.29) is 5.91 Å². The van der Waals surface area contributed by atoms with Gasteiger partial charge in [-0.15, -0.1) is 0 Å². The zero-order chi connectivity index (χ0) is 14.1. The number of amides is 1. The molecule has 1 amide bonds. The molecule has 100 valence electrons. The van der Waals surface area contributed by atoms with Gasteiger partial charge in [-0.25, -0.2) is 4.98 Å². The third-order valence-corrected chi connectivity index (χ3v) is 3.18. The first kappa shape index (κ1) is 12.3. The molecule has 2 heterocycles. The predicted molar refractivity (Wildman–Crippen MR) is 77.6 cm³/mol. The molecule has 0 aliphatic rings. The van der Waals surface area contributed by atoms with E-state index in [9.17, 15) is 4.79 Å². The molecule has 0 radical (unpaired) electrons. The van der Waals surface area contributed by atoms with Crippen LogP contribution in [0.15, 0.2) is 42.6 Å². The van der Waals surface area contributed by atoms with Crippen LogP contribution in [0.2, 0.25) is 0 Å². The van der Waals surface area contributed by atoms with Gasteiger partial charge in [-0.05, 0) is 30.7 Å². The van der Waals surface area contributed by atoms with Gasteiger partial charge in [0.05, 0.1) is 11.7 Å². The second-order valence-electron chi connectivity index (χ2n) is 4.64. The van der Waals surface area contributed by atoms with Crippen molar-refractivity contribution in [1.82, 2.24) is 14.8 Å². The minimum absolute atomic E-state index is 0.203. The van der Waals surface area contributed by atoms with Crippen LogP contribution in [0.3, 0.4) is 0 Å². The lowest BCUT2D eigenvalue weighted by Crippen LogP contribution is -2.17. The van der Waals surface area contributed by atoms with E-state index < -0.39 is 0 Å². The normalized spacial score (nSPS) is 10.7. The van der Waals surface area contributed by atoms with Crippen LogP contribution in [0, 0.1) is 6.92 Å². The molecule has 3 aromatic rings. The Labute approximate surface area is 116 Å². The molecule has 1 aromatic carbocycles. The summed E-state index contributed by atoms with van der Waals surface area (Å²) in [6, 6.07) is 11.5. The van der Waals surface area contributed by atoms with Crippen LogP contribution in [0.25, 0.3) is 10.9 Å². The number of benzene rings is 1. The fourth-order valence-corrected chi connectivity index (χ4v) is 2.18. The molecule has 5 heteroatoms. The molecule has 0 aliphatic carbocycles. The highest BCUT2D eigenvalue weighted by molar-refractivity contribution is 6.03. The highest BCUT2D eigenvalue weighted by Crippen LogP contribution is 2.15. The molecular weight excluding hydrogens is 252 g/mol. The van der Waals surface area contributed by atoms with E-state index in [0.29, 0.717) is 11.5 Å². The van der Waals surface area contributed by atoms with Gasteiger partial charge in [-0.3, -0.25) is 9.48 Å². The van der Waals surface area contributed by atoms with Crippen molar-refractivity contribution >= 4 is 22.6 Å². The minimum Gasteiger partial charge on any atom is -0.305 e. The Morgan fingerprint density at radius 1 is 1.20 bits per heavy atom. The maximum absolute atomic E-state index is 12.2. The molecule has 0 bridgehead atoms. The Balaban J connectivity index is 1.91. The average molecular weight is 266 g/mol. The fraction of sp³-hybridized carbons (Fsp3) is 0.133. The first-order valence-electron chi connectivity index (χ1n) is 6.31. The highest BCUT2D eigenvalue weighted by Gasteiger charge is 2.14. The summed E-state index contributed by atoms with van der Waals surface area (Å²) in [6.45, 7) is 1.86. The van der Waals surface area contributed by atoms with Crippen LogP contribution in [0.1, 0.15) is 16.1 Å². The molecule has 1 N–H and O–H groups in total. The molecule has 0 spiro atoms.